The summed E-state index contributed by atoms with van der Waals surface area (Å²) >= 11 is 0. The average Bonchev–Trinajstić information content (AvgIpc) is 3.46. The van der Waals surface area contributed by atoms with Crippen molar-refractivity contribution in [2.45, 2.75) is 25.7 Å². The fraction of sp³-hybridized carbons (Fsp3) is 0.375. The molecule has 6 heteroatoms. The molecule has 4 rings (SSSR count). The highest BCUT2D eigenvalue weighted by Gasteiger charge is 2.58. The molecule has 156 valence electrons. The maximum atomic E-state index is 13.2. The van der Waals surface area contributed by atoms with Crippen LogP contribution in [0.3, 0.4) is 0 Å². The van der Waals surface area contributed by atoms with E-state index in [1.165, 1.54) is 18.2 Å². The van der Waals surface area contributed by atoms with Crippen LogP contribution >= 0.6 is 0 Å². The van der Waals surface area contributed by atoms with Crippen molar-refractivity contribution in [3.8, 4) is 0 Å². The van der Waals surface area contributed by atoms with Crippen LogP contribution in [0.15, 0.2) is 54.7 Å². The molecule has 1 saturated heterocycles. The number of hydrogen-bond donors (Lipinski definition) is 1. The molecule has 1 atom stereocenters. The Bertz CT molecular complexity index is 936. The summed E-state index contributed by atoms with van der Waals surface area (Å²) in [7, 11) is 0. The van der Waals surface area contributed by atoms with Gasteiger partial charge in [-0.1, -0.05) is 18.2 Å². The summed E-state index contributed by atoms with van der Waals surface area (Å²) in [6, 6.07) is 11.9. The van der Waals surface area contributed by atoms with Crippen molar-refractivity contribution in [3.05, 3.63) is 71.8 Å². The summed E-state index contributed by atoms with van der Waals surface area (Å²) in [4.78, 5) is 31.0. The second-order valence-electron chi connectivity index (χ2n) is 8.19. The first-order valence-corrected chi connectivity index (χ1v) is 10.5. The second kappa shape index (κ2) is 8.78. The summed E-state index contributed by atoms with van der Waals surface area (Å²) in [5, 5.41) is 3.04. The van der Waals surface area contributed by atoms with Gasteiger partial charge in [0.1, 0.15) is 5.82 Å². The van der Waals surface area contributed by atoms with Gasteiger partial charge >= 0.3 is 0 Å². The minimum Gasteiger partial charge on any atom is -0.355 e. The highest BCUT2D eigenvalue weighted by molar-refractivity contribution is 5.92. The largest absolute Gasteiger partial charge is 0.355 e. The predicted octanol–water partition coefficient (Wildman–Crippen LogP) is 3.22. The molecule has 2 amide bonds. The fourth-order valence-corrected chi connectivity index (χ4v) is 4.31. The van der Waals surface area contributed by atoms with E-state index in [0.717, 1.165) is 31.4 Å². The lowest BCUT2D eigenvalue weighted by molar-refractivity contribution is -0.127. The number of aromatic nitrogens is 1. The molecule has 2 aromatic rings. The van der Waals surface area contributed by atoms with Gasteiger partial charge in [0.05, 0.1) is 0 Å². The number of carbonyl (C=O) groups is 2. The van der Waals surface area contributed by atoms with E-state index in [2.05, 4.69) is 10.3 Å². The molecule has 1 unspecified atom stereocenters. The van der Waals surface area contributed by atoms with E-state index in [9.17, 15) is 14.0 Å². The Morgan fingerprint density at radius 3 is 2.77 bits per heavy atom. The molecule has 1 aliphatic heterocycles. The topological polar surface area (TPSA) is 62.3 Å². The molecule has 1 N–H and O–H groups in total. The van der Waals surface area contributed by atoms with E-state index < -0.39 is 0 Å². The van der Waals surface area contributed by atoms with Crippen molar-refractivity contribution in [1.29, 1.82) is 0 Å². The Morgan fingerprint density at radius 1 is 1.20 bits per heavy atom. The molecule has 2 fully saturated rings. The van der Waals surface area contributed by atoms with Gasteiger partial charge in [0.15, 0.2) is 0 Å². The number of piperidine rings is 1. The predicted molar refractivity (Wildman–Crippen MR) is 113 cm³/mol. The number of nitrogens with zero attached hydrogens (tertiary/aromatic N) is 2. The average molecular weight is 407 g/mol. The third-order valence-electron chi connectivity index (χ3n) is 6.25. The van der Waals surface area contributed by atoms with Crippen LogP contribution in [0.1, 0.15) is 30.5 Å². The molecule has 0 bridgehead atoms. The number of nitrogens with one attached hydrogen (secondary N) is 1. The van der Waals surface area contributed by atoms with Gasteiger partial charge < -0.3 is 10.2 Å². The van der Waals surface area contributed by atoms with Crippen LogP contribution in [-0.2, 0) is 16.0 Å². The zero-order valence-corrected chi connectivity index (χ0v) is 16.9. The second-order valence-corrected chi connectivity index (χ2v) is 8.19. The van der Waals surface area contributed by atoms with Gasteiger partial charge in [0, 0.05) is 49.9 Å². The molecule has 0 radical (unpaired) electrons. The summed E-state index contributed by atoms with van der Waals surface area (Å²) in [6.07, 6.45) is 8.24. The van der Waals surface area contributed by atoms with Crippen LogP contribution in [0.5, 0.6) is 0 Å². The Morgan fingerprint density at radius 2 is 2.03 bits per heavy atom. The molecule has 1 aromatic carbocycles. The Labute approximate surface area is 176 Å². The maximum absolute atomic E-state index is 13.2. The van der Waals surface area contributed by atoms with Crippen LogP contribution in [0, 0.1) is 17.2 Å². The smallest absolute Gasteiger partial charge is 0.246 e. The summed E-state index contributed by atoms with van der Waals surface area (Å²) in [5.41, 5.74) is 1.70. The summed E-state index contributed by atoms with van der Waals surface area (Å²) in [5.74, 6) is -0.202. The zero-order valence-electron chi connectivity index (χ0n) is 16.9. The summed E-state index contributed by atoms with van der Waals surface area (Å²) in [6.45, 7) is 1.91. The number of halogens is 1. The first-order valence-electron chi connectivity index (χ1n) is 10.5. The van der Waals surface area contributed by atoms with Crippen LogP contribution < -0.4 is 5.32 Å². The van der Waals surface area contributed by atoms with E-state index in [-0.39, 0.29) is 29.0 Å². The quantitative estimate of drug-likeness (QED) is 0.748. The third-order valence-corrected chi connectivity index (χ3v) is 6.25. The van der Waals surface area contributed by atoms with Crippen molar-refractivity contribution in [2.75, 3.05) is 19.6 Å². The fourth-order valence-electron chi connectivity index (χ4n) is 4.31. The molecule has 30 heavy (non-hydrogen) atoms. The number of benzene rings is 1. The van der Waals surface area contributed by atoms with Crippen LogP contribution in [0.4, 0.5) is 4.39 Å². The van der Waals surface area contributed by atoms with Gasteiger partial charge in [0.25, 0.3) is 0 Å². The summed E-state index contributed by atoms with van der Waals surface area (Å²) < 4.78 is 13.2. The van der Waals surface area contributed by atoms with E-state index in [1.807, 2.05) is 23.1 Å². The molecule has 1 aromatic heterocycles. The molecular formula is C24H26FN3O2. The van der Waals surface area contributed by atoms with Gasteiger partial charge in [-0.15, -0.1) is 0 Å². The van der Waals surface area contributed by atoms with E-state index in [4.69, 9.17) is 0 Å². The Hall–Kier alpha value is -3.02. The first-order chi connectivity index (χ1) is 14.6. The van der Waals surface area contributed by atoms with Crippen molar-refractivity contribution in [3.63, 3.8) is 0 Å². The first kappa shape index (κ1) is 20.3. The normalized spacial score (nSPS) is 19.8. The van der Waals surface area contributed by atoms with E-state index in [0.29, 0.717) is 25.2 Å². The van der Waals surface area contributed by atoms with E-state index in [1.54, 1.807) is 24.4 Å². The van der Waals surface area contributed by atoms with Gasteiger partial charge in [-0.3, -0.25) is 14.6 Å². The van der Waals surface area contributed by atoms with Crippen LogP contribution in [-0.4, -0.2) is 41.3 Å². The maximum Gasteiger partial charge on any atom is 0.246 e. The minimum atomic E-state index is -0.317. The van der Waals surface area contributed by atoms with Crippen molar-refractivity contribution in [1.82, 2.24) is 15.2 Å². The highest BCUT2D eigenvalue weighted by atomic mass is 19.1. The third kappa shape index (κ3) is 4.75. The standard InChI is InChI=1S/C24H26FN3O2/c25-19-5-3-4-18(16-19)7-8-22(29)28-14-10-24(11-15-28)17-21(24)23(30)27-13-9-20-6-1-2-12-26-20/h1-8,12,16,21H,9-11,13-15,17H2,(H,27,30)/b8-7+. The van der Waals surface area contributed by atoms with Crippen molar-refractivity contribution < 1.29 is 14.0 Å². The number of likely N-dealkylation sites (tertiary alicyclic amines) is 1. The molecule has 2 heterocycles. The molecular weight excluding hydrogens is 381 g/mol. The van der Waals surface area contributed by atoms with Crippen molar-refractivity contribution >= 4 is 17.9 Å². The Balaban J connectivity index is 1.21. The Kier molecular flexibility index (Phi) is 5.93. The lowest BCUT2D eigenvalue weighted by Crippen LogP contribution is -2.40. The van der Waals surface area contributed by atoms with E-state index >= 15 is 0 Å². The molecule has 5 nitrogen and oxygen atoms in total. The monoisotopic (exact) mass is 407 g/mol. The highest BCUT2D eigenvalue weighted by Crippen LogP contribution is 2.59. The lowest BCUT2D eigenvalue weighted by Gasteiger charge is -2.32. The molecule has 1 aliphatic carbocycles. The van der Waals surface area contributed by atoms with Crippen molar-refractivity contribution in [2.24, 2.45) is 11.3 Å². The van der Waals surface area contributed by atoms with Gasteiger partial charge in [0.2, 0.25) is 11.8 Å². The minimum absolute atomic E-state index is 0.0537. The number of amides is 2. The lowest BCUT2D eigenvalue weighted by atomic mass is 9.90. The number of rotatable bonds is 6. The number of hydrogen-bond acceptors (Lipinski definition) is 3. The van der Waals surface area contributed by atoms with Gasteiger partial charge in [-0.2, -0.15) is 0 Å². The zero-order chi connectivity index (χ0) is 21.0. The van der Waals surface area contributed by atoms with Crippen LogP contribution in [0.2, 0.25) is 0 Å². The van der Waals surface area contributed by atoms with Gasteiger partial charge in [-0.25, -0.2) is 4.39 Å². The molecule has 2 aliphatic rings. The van der Waals surface area contributed by atoms with Gasteiger partial charge in [-0.05, 0) is 60.6 Å². The molecule has 1 saturated carbocycles. The molecule has 1 spiro atoms. The van der Waals surface area contributed by atoms with Crippen LogP contribution in [0.25, 0.3) is 6.08 Å². The number of carbonyl (C=O) groups excluding carboxylic acids is 2. The number of pyridine rings is 1. The SMILES string of the molecule is O=C(NCCc1ccccn1)C1CC12CCN(C(=O)/C=C/c1cccc(F)c1)CC2.